The molecule has 1 heterocycles. The number of rotatable bonds is 6. The Balaban J connectivity index is 2.33. The van der Waals surface area contributed by atoms with Crippen molar-refractivity contribution in [1.82, 2.24) is 5.32 Å². The van der Waals surface area contributed by atoms with Gasteiger partial charge in [0.05, 0.1) is 4.92 Å². The van der Waals surface area contributed by atoms with E-state index < -0.39 is 0 Å². The predicted molar refractivity (Wildman–Crippen MR) is 61.1 cm³/mol. The lowest BCUT2D eigenvalue weighted by molar-refractivity contribution is -0.380. The van der Waals surface area contributed by atoms with Crippen LogP contribution in [0.1, 0.15) is 5.56 Å². The van der Waals surface area contributed by atoms with E-state index in [1.54, 1.807) is 17.8 Å². The highest BCUT2D eigenvalue weighted by atomic mass is 32.2. The summed E-state index contributed by atoms with van der Waals surface area (Å²) in [5.41, 5.74) is 0.989. The molecule has 1 aromatic heterocycles. The summed E-state index contributed by atoms with van der Waals surface area (Å²) < 4.78 is 0. The SMILES string of the molecule is CSCCNCc1csc([N+](=O)[O-])c1. The summed E-state index contributed by atoms with van der Waals surface area (Å²) in [6, 6.07) is 1.62. The van der Waals surface area contributed by atoms with Gasteiger partial charge in [-0.1, -0.05) is 11.3 Å². The molecule has 0 bridgehead atoms. The molecule has 1 N–H and O–H groups in total. The Morgan fingerprint density at radius 2 is 2.50 bits per heavy atom. The Labute approximate surface area is 90.9 Å². The zero-order valence-corrected chi connectivity index (χ0v) is 9.49. The van der Waals surface area contributed by atoms with Crippen LogP contribution in [0.25, 0.3) is 0 Å². The third-order valence-electron chi connectivity index (χ3n) is 1.63. The van der Waals surface area contributed by atoms with Crippen molar-refractivity contribution in [1.29, 1.82) is 0 Å². The summed E-state index contributed by atoms with van der Waals surface area (Å²) in [6.07, 6.45) is 2.05. The van der Waals surface area contributed by atoms with E-state index in [4.69, 9.17) is 0 Å². The molecule has 0 unspecified atom stereocenters. The minimum absolute atomic E-state index is 0.215. The van der Waals surface area contributed by atoms with Crippen molar-refractivity contribution in [3.8, 4) is 0 Å². The second kappa shape index (κ2) is 6.00. The van der Waals surface area contributed by atoms with Crippen LogP contribution in [-0.4, -0.2) is 23.5 Å². The lowest BCUT2D eigenvalue weighted by Crippen LogP contribution is -2.15. The van der Waals surface area contributed by atoms with E-state index in [2.05, 4.69) is 11.6 Å². The maximum atomic E-state index is 10.4. The first-order valence-electron chi connectivity index (χ1n) is 4.15. The Bertz CT molecular complexity index is 301. The number of hydrogen-bond acceptors (Lipinski definition) is 5. The number of hydrogen-bond donors (Lipinski definition) is 1. The first kappa shape index (κ1) is 11.5. The number of thioether (sulfide) groups is 1. The van der Waals surface area contributed by atoms with Crippen molar-refractivity contribution in [2.45, 2.75) is 6.54 Å². The highest BCUT2D eigenvalue weighted by molar-refractivity contribution is 7.98. The standard InChI is InChI=1S/C8H12N2O2S2/c1-13-3-2-9-5-7-4-8(10(11)12)14-6-7/h4,6,9H,2-3,5H2,1H3. The minimum atomic E-state index is -0.351. The molecule has 0 saturated carbocycles. The quantitative estimate of drug-likeness (QED) is 0.463. The van der Waals surface area contributed by atoms with Gasteiger partial charge in [0.15, 0.2) is 0 Å². The van der Waals surface area contributed by atoms with Crippen molar-refractivity contribution >= 4 is 28.1 Å². The van der Waals surface area contributed by atoms with E-state index in [0.29, 0.717) is 6.54 Å². The maximum Gasteiger partial charge on any atom is 0.324 e. The van der Waals surface area contributed by atoms with Crippen LogP contribution in [0.3, 0.4) is 0 Å². The first-order chi connectivity index (χ1) is 6.74. The topological polar surface area (TPSA) is 55.2 Å². The molecule has 1 aromatic rings. The molecule has 0 aliphatic heterocycles. The van der Waals surface area contributed by atoms with Crippen LogP contribution in [0.15, 0.2) is 11.4 Å². The molecule has 14 heavy (non-hydrogen) atoms. The van der Waals surface area contributed by atoms with Crippen LogP contribution in [0, 0.1) is 10.1 Å². The molecular formula is C8H12N2O2S2. The smallest absolute Gasteiger partial charge is 0.312 e. The van der Waals surface area contributed by atoms with Crippen LogP contribution >= 0.6 is 23.1 Å². The molecule has 0 spiro atoms. The highest BCUT2D eigenvalue weighted by Gasteiger charge is 2.08. The van der Waals surface area contributed by atoms with E-state index in [0.717, 1.165) is 17.9 Å². The van der Waals surface area contributed by atoms with E-state index in [-0.39, 0.29) is 9.92 Å². The predicted octanol–water partition coefficient (Wildman–Crippen LogP) is 2.11. The summed E-state index contributed by atoms with van der Waals surface area (Å²) in [4.78, 5) is 10.0. The van der Waals surface area contributed by atoms with E-state index in [1.807, 2.05) is 5.38 Å². The molecule has 0 aromatic carbocycles. The van der Waals surface area contributed by atoms with Crippen molar-refractivity contribution < 1.29 is 4.92 Å². The van der Waals surface area contributed by atoms with Crippen molar-refractivity contribution in [3.05, 3.63) is 27.1 Å². The number of thiophene rings is 1. The van der Waals surface area contributed by atoms with Gasteiger partial charge in [-0.2, -0.15) is 11.8 Å². The Kier molecular flexibility index (Phi) is 4.92. The molecule has 0 radical (unpaired) electrons. The molecule has 4 nitrogen and oxygen atoms in total. The molecule has 0 aliphatic carbocycles. The molecular weight excluding hydrogens is 220 g/mol. The molecule has 0 aliphatic rings. The van der Waals surface area contributed by atoms with Crippen molar-refractivity contribution in [2.75, 3.05) is 18.6 Å². The molecule has 0 fully saturated rings. The zero-order chi connectivity index (χ0) is 10.4. The number of nitrogens with one attached hydrogen (secondary N) is 1. The largest absolute Gasteiger partial charge is 0.324 e. The fourth-order valence-electron chi connectivity index (χ4n) is 0.958. The monoisotopic (exact) mass is 232 g/mol. The summed E-state index contributed by atoms with van der Waals surface area (Å²) in [5.74, 6) is 1.06. The average Bonchev–Trinajstić information content (AvgIpc) is 2.61. The van der Waals surface area contributed by atoms with Gasteiger partial charge in [-0.25, -0.2) is 0 Å². The van der Waals surface area contributed by atoms with Crippen LogP contribution in [0.4, 0.5) is 5.00 Å². The fourth-order valence-corrected chi connectivity index (χ4v) is 2.04. The van der Waals surface area contributed by atoms with Gasteiger partial charge in [-0.05, 0) is 11.8 Å². The van der Waals surface area contributed by atoms with Gasteiger partial charge < -0.3 is 5.32 Å². The fraction of sp³-hybridized carbons (Fsp3) is 0.500. The van der Waals surface area contributed by atoms with E-state index >= 15 is 0 Å². The zero-order valence-electron chi connectivity index (χ0n) is 7.86. The van der Waals surface area contributed by atoms with Gasteiger partial charge in [0.1, 0.15) is 0 Å². The second-order valence-electron chi connectivity index (χ2n) is 2.72. The third kappa shape index (κ3) is 3.65. The van der Waals surface area contributed by atoms with Gasteiger partial charge in [-0.3, -0.25) is 10.1 Å². The number of nitrogens with zero attached hydrogens (tertiary/aromatic N) is 1. The van der Waals surface area contributed by atoms with Crippen molar-refractivity contribution in [3.63, 3.8) is 0 Å². The lowest BCUT2D eigenvalue weighted by atomic mass is 10.3. The third-order valence-corrected chi connectivity index (χ3v) is 3.17. The molecule has 0 saturated heterocycles. The van der Waals surface area contributed by atoms with Crippen LogP contribution in [0.5, 0.6) is 0 Å². The first-order valence-corrected chi connectivity index (χ1v) is 6.43. The van der Waals surface area contributed by atoms with Gasteiger partial charge in [0.2, 0.25) is 0 Å². The van der Waals surface area contributed by atoms with Gasteiger partial charge >= 0.3 is 5.00 Å². The highest BCUT2D eigenvalue weighted by Crippen LogP contribution is 2.22. The van der Waals surface area contributed by atoms with Crippen LogP contribution < -0.4 is 5.32 Å². The average molecular weight is 232 g/mol. The minimum Gasteiger partial charge on any atom is -0.312 e. The molecule has 6 heteroatoms. The molecule has 78 valence electrons. The Morgan fingerprint density at radius 1 is 1.71 bits per heavy atom. The van der Waals surface area contributed by atoms with Crippen LogP contribution in [-0.2, 0) is 6.54 Å². The normalized spacial score (nSPS) is 10.4. The van der Waals surface area contributed by atoms with Gasteiger partial charge in [0.25, 0.3) is 0 Å². The molecule has 1 rings (SSSR count). The van der Waals surface area contributed by atoms with E-state index in [1.165, 1.54) is 11.3 Å². The van der Waals surface area contributed by atoms with Gasteiger partial charge in [-0.15, -0.1) is 0 Å². The summed E-state index contributed by atoms with van der Waals surface area (Å²) in [6.45, 7) is 1.65. The van der Waals surface area contributed by atoms with Gasteiger partial charge in [0, 0.05) is 30.3 Å². The van der Waals surface area contributed by atoms with E-state index in [9.17, 15) is 10.1 Å². The number of nitro groups is 1. The summed E-state index contributed by atoms with van der Waals surface area (Å²) in [7, 11) is 0. The Hall–Kier alpha value is -0.590. The van der Waals surface area contributed by atoms with Crippen LogP contribution in [0.2, 0.25) is 0 Å². The Morgan fingerprint density at radius 3 is 3.07 bits per heavy atom. The molecule has 0 atom stereocenters. The lowest BCUT2D eigenvalue weighted by Gasteiger charge is -1.99. The summed E-state index contributed by atoms with van der Waals surface area (Å²) in [5, 5.41) is 15.6. The maximum absolute atomic E-state index is 10.4. The molecule has 0 amide bonds. The summed E-state index contributed by atoms with van der Waals surface area (Å²) >= 11 is 2.96. The van der Waals surface area contributed by atoms with Crippen molar-refractivity contribution in [2.24, 2.45) is 0 Å². The second-order valence-corrected chi connectivity index (χ2v) is 4.60.